The maximum Gasteiger partial charge on any atom is 0.239 e. The summed E-state index contributed by atoms with van der Waals surface area (Å²) in [6, 6.07) is 17.1. The van der Waals surface area contributed by atoms with Gasteiger partial charge in [-0.05, 0) is 29.8 Å². The first-order chi connectivity index (χ1) is 9.28. The van der Waals surface area contributed by atoms with Crippen LogP contribution in [0.4, 0.5) is 5.69 Å². The van der Waals surface area contributed by atoms with Crippen LogP contribution in [0.3, 0.4) is 0 Å². The molecule has 0 heterocycles. The fourth-order valence-corrected chi connectivity index (χ4v) is 1.63. The molecule has 0 aromatic heterocycles. The summed E-state index contributed by atoms with van der Waals surface area (Å²) in [7, 11) is 0. The molecule has 2 rings (SSSR count). The molecule has 2 aromatic rings. The Morgan fingerprint density at radius 1 is 1.05 bits per heavy atom. The fourth-order valence-electron chi connectivity index (χ4n) is 1.56. The molecule has 98 valence electrons. The zero-order valence-corrected chi connectivity index (χ0v) is 11.1. The van der Waals surface area contributed by atoms with Gasteiger partial charge >= 0.3 is 0 Å². The van der Waals surface area contributed by atoms with Crippen molar-refractivity contribution in [1.29, 1.82) is 0 Å². The lowest BCUT2D eigenvalue weighted by atomic mass is 10.2. The van der Waals surface area contributed by atoms with Crippen LogP contribution in [-0.4, -0.2) is 11.8 Å². The highest BCUT2D eigenvalue weighted by atomic mass is 35.5. The van der Waals surface area contributed by atoms with E-state index in [9.17, 15) is 4.79 Å². The molecule has 4 heteroatoms. The predicted molar refractivity (Wildman–Crippen MR) is 76.6 cm³/mol. The van der Waals surface area contributed by atoms with E-state index >= 15 is 0 Å². The van der Waals surface area contributed by atoms with Gasteiger partial charge in [0.1, 0.15) is 18.2 Å². The van der Waals surface area contributed by atoms with Crippen LogP contribution in [0.2, 0.25) is 0 Å². The van der Waals surface area contributed by atoms with Crippen LogP contribution in [0.25, 0.3) is 0 Å². The summed E-state index contributed by atoms with van der Waals surface area (Å²) in [6.45, 7) is 0.494. The molecule has 0 saturated carbocycles. The molecule has 3 nitrogen and oxygen atoms in total. The van der Waals surface area contributed by atoms with Crippen molar-refractivity contribution in [1.82, 2.24) is 0 Å². The minimum atomic E-state index is -0.213. The second kappa shape index (κ2) is 6.81. The van der Waals surface area contributed by atoms with E-state index in [2.05, 4.69) is 5.32 Å². The smallest absolute Gasteiger partial charge is 0.239 e. The van der Waals surface area contributed by atoms with Crippen molar-refractivity contribution in [3.8, 4) is 5.75 Å². The third-order valence-corrected chi connectivity index (χ3v) is 2.75. The molecule has 0 radical (unpaired) electrons. The lowest BCUT2D eigenvalue weighted by Gasteiger charge is -2.07. The van der Waals surface area contributed by atoms with Crippen LogP contribution in [0.15, 0.2) is 54.6 Å². The number of anilines is 1. The lowest BCUT2D eigenvalue weighted by Crippen LogP contribution is -2.12. The monoisotopic (exact) mass is 275 g/mol. The molecule has 0 bridgehead atoms. The molecule has 0 atom stereocenters. The van der Waals surface area contributed by atoms with E-state index in [1.807, 2.05) is 54.6 Å². The summed E-state index contributed by atoms with van der Waals surface area (Å²) in [6.07, 6.45) is 0. The van der Waals surface area contributed by atoms with Crippen molar-refractivity contribution in [2.24, 2.45) is 0 Å². The van der Waals surface area contributed by atoms with Crippen LogP contribution >= 0.6 is 11.6 Å². The normalized spacial score (nSPS) is 9.95. The number of amides is 1. The Hall–Kier alpha value is -2.00. The fraction of sp³-hybridized carbons (Fsp3) is 0.133. The summed E-state index contributed by atoms with van der Waals surface area (Å²) in [5, 5.41) is 2.68. The number of hydrogen-bond acceptors (Lipinski definition) is 2. The van der Waals surface area contributed by atoms with Crippen molar-refractivity contribution in [2.75, 3.05) is 11.2 Å². The second-order valence-electron chi connectivity index (χ2n) is 3.98. The van der Waals surface area contributed by atoms with Gasteiger partial charge in [-0.2, -0.15) is 0 Å². The Kier molecular flexibility index (Phi) is 4.81. The highest BCUT2D eigenvalue weighted by Gasteiger charge is 2.00. The molecular weight excluding hydrogens is 262 g/mol. The number of carbonyl (C=O) groups excluding carboxylic acids is 1. The Morgan fingerprint density at radius 2 is 1.74 bits per heavy atom. The quantitative estimate of drug-likeness (QED) is 0.849. The molecule has 1 amide bonds. The maximum absolute atomic E-state index is 11.1. The Balaban J connectivity index is 1.90. The van der Waals surface area contributed by atoms with Gasteiger partial charge in [0.25, 0.3) is 0 Å². The number of para-hydroxylation sites is 1. The van der Waals surface area contributed by atoms with Crippen LogP contribution in [0, 0.1) is 0 Å². The number of ether oxygens (including phenoxy) is 1. The molecule has 2 aromatic carbocycles. The van der Waals surface area contributed by atoms with Crippen LogP contribution < -0.4 is 10.1 Å². The van der Waals surface area contributed by atoms with Crippen molar-refractivity contribution in [3.05, 3.63) is 60.2 Å². The minimum Gasteiger partial charge on any atom is -0.489 e. The van der Waals surface area contributed by atoms with Gasteiger partial charge in [-0.3, -0.25) is 4.79 Å². The highest BCUT2D eigenvalue weighted by Crippen LogP contribution is 2.14. The molecule has 0 unspecified atom stereocenters. The average Bonchev–Trinajstić information content (AvgIpc) is 2.47. The molecule has 0 spiro atoms. The molecule has 1 N–H and O–H groups in total. The molecule has 0 aliphatic heterocycles. The van der Waals surface area contributed by atoms with Crippen molar-refractivity contribution in [3.63, 3.8) is 0 Å². The predicted octanol–water partition coefficient (Wildman–Crippen LogP) is 3.44. The zero-order chi connectivity index (χ0) is 13.5. The number of rotatable bonds is 5. The van der Waals surface area contributed by atoms with Gasteiger partial charge in [-0.1, -0.05) is 30.3 Å². The second-order valence-corrected chi connectivity index (χ2v) is 4.25. The molecular formula is C15H14ClNO2. The van der Waals surface area contributed by atoms with Gasteiger partial charge in [-0.25, -0.2) is 0 Å². The first kappa shape index (κ1) is 13.4. The van der Waals surface area contributed by atoms with Gasteiger partial charge in [-0.15, -0.1) is 11.6 Å². The van der Waals surface area contributed by atoms with Crippen LogP contribution in [0.5, 0.6) is 5.75 Å². The number of benzene rings is 2. The van der Waals surface area contributed by atoms with Gasteiger partial charge in [0.2, 0.25) is 5.91 Å². The lowest BCUT2D eigenvalue weighted by molar-refractivity contribution is -0.113. The Morgan fingerprint density at radius 3 is 2.37 bits per heavy atom. The summed E-state index contributed by atoms with van der Waals surface area (Å²) in [5.41, 5.74) is 1.77. The van der Waals surface area contributed by atoms with E-state index in [4.69, 9.17) is 16.3 Å². The largest absolute Gasteiger partial charge is 0.489 e. The molecule has 0 fully saturated rings. The van der Waals surface area contributed by atoms with Crippen LogP contribution in [0.1, 0.15) is 5.56 Å². The first-order valence-corrected chi connectivity index (χ1v) is 6.44. The van der Waals surface area contributed by atoms with Crippen LogP contribution in [-0.2, 0) is 11.4 Å². The third kappa shape index (κ3) is 4.30. The number of nitrogens with one attached hydrogen (secondary N) is 1. The highest BCUT2D eigenvalue weighted by molar-refractivity contribution is 6.29. The van der Waals surface area contributed by atoms with Crippen molar-refractivity contribution < 1.29 is 9.53 Å². The number of carbonyl (C=O) groups is 1. The number of alkyl halides is 1. The van der Waals surface area contributed by atoms with Crippen molar-refractivity contribution in [2.45, 2.75) is 6.61 Å². The number of hydrogen-bond donors (Lipinski definition) is 1. The summed E-state index contributed by atoms with van der Waals surface area (Å²) < 4.78 is 5.63. The van der Waals surface area contributed by atoms with Gasteiger partial charge in [0, 0.05) is 5.69 Å². The van der Waals surface area contributed by atoms with Gasteiger partial charge in [0.15, 0.2) is 0 Å². The molecule has 0 saturated heterocycles. The van der Waals surface area contributed by atoms with Crippen molar-refractivity contribution >= 4 is 23.2 Å². The summed E-state index contributed by atoms with van der Waals surface area (Å²) in [5.74, 6) is 0.579. The summed E-state index contributed by atoms with van der Waals surface area (Å²) in [4.78, 5) is 11.1. The Bertz CT molecular complexity index is 526. The zero-order valence-electron chi connectivity index (χ0n) is 10.3. The van der Waals surface area contributed by atoms with E-state index in [1.165, 1.54) is 0 Å². The average molecular weight is 276 g/mol. The van der Waals surface area contributed by atoms with E-state index in [-0.39, 0.29) is 11.8 Å². The van der Waals surface area contributed by atoms with Gasteiger partial charge < -0.3 is 10.1 Å². The molecule has 0 aliphatic carbocycles. The third-order valence-electron chi connectivity index (χ3n) is 2.51. The standard InChI is InChI=1S/C15H14ClNO2/c16-10-15(18)17-13-8-6-12(7-9-13)11-19-14-4-2-1-3-5-14/h1-9H,10-11H2,(H,17,18). The Labute approximate surface area is 117 Å². The van der Waals surface area contributed by atoms with E-state index in [0.29, 0.717) is 6.61 Å². The minimum absolute atomic E-state index is 0.0428. The summed E-state index contributed by atoms with van der Waals surface area (Å²) >= 11 is 5.42. The van der Waals surface area contributed by atoms with E-state index < -0.39 is 0 Å². The molecule has 19 heavy (non-hydrogen) atoms. The SMILES string of the molecule is O=C(CCl)Nc1ccc(COc2ccccc2)cc1. The van der Waals surface area contributed by atoms with Gasteiger partial charge in [0.05, 0.1) is 0 Å². The van der Waals surface area contributed by atoms with E-state index in [0.717, 1.165) is 17.0 Å². The van der Waals surface area contributed by atoms with E-state index in [1.54, 1.807) is 0 Å². The number of halogens is 1. The molecule has 0 aliphatic rings. The first-order valence-electron chi connectivity index (χ1n) is 5.90. The maximum atomic E-state index is 11.1. The topological polar surface area (TPSA) is 38.3 Å².